The average Bonchev–Trinajstić information content (AvgIpc) is 2.61. The fourth-order valence-corrected chi connectivity index (χ4v) is 3.38. The second-order valence-electron chi connectivity index (χ2n) is 4.76. The SMILES string of the molecule is CCc1ccc(CCC2CCCCCN2)s1. The second-order valence-corrected chi connectivity index (χ2v) is 6.01. The summed E-state index contributed by atoms with van der Waals surface area (Å²) in [5, 5.41) is 3.68. The summed E-state index contributed by atoms with van der Waals surface area (Å²) in [7, 11) is 0. The van der Waals surface area contributed by atoms with Crippen molar-refractivity contribution in [1.29, 1.82) is 0 Å². The van der Waals surface area contributed by atoms with Crippen molar-refractivity contribution >= 4 is 11.3 Å². The molecular weight excluding hydrogens is 214 g/mol. The van der Waals surface area contributed by atoms with Crippen LogP contribution in [0.1, 0.15) is 48.8 Å². The third kappa shape index (κ3) is 3.60. The van der Waals surface area contributed by atoms with Gasteiger partial charge in [-0.3, -0.25) is 0 Å². The van der Waals surface area contributed by atoms with Crippen molar-refractivity contribution in [3.05, 3.63) is 21.9 Å². The average molecular weight is 237 g/mol. The maximum Gasteiger partial charge on any atom is 0.00705 e. The van der Waals surface area contributed by atoms with Gasteiger partial charge in [-0.05, 0) is 50.8 Å². The summed E-state index contributed by atoms with van der Waals surface area (Å²) in [6.45, 7) is 3.47. The highest BCUT2D eigenvalue weighted by atomic mass is 32.1. The van der Waals surface area contributed by atoms with E-state index < -0.39 is 0 Å². The van der Waals surface area contributed by atoms with Gasteiger partial charge in [0.15, 0.2) is 0 Å². The lowest BCUT2D eigenvalue weighted by Crippen LogP contribution is -2.28. The molecule has 16 heavy (non-hydrogen) atoms. The van der Waals surface area contributed by atoms with E-state index in [9.17, 15) is 0 Å². The molecule has 1 aliphatic heterocycles. The van der Waals surface area contributed by atoms with Crippen molar-refractivity contribution < 1.29 is 0 Å². The van der Waals surface area contributed by atoms with Crippen LogP contribution in [0.2, 0.25) is 0 Å². The lowest BCUT2D eigenvalue weighted by Gasteiger charge is -2.14. The van der Waals surface area contributed by atoms with E-state index in [4.69, 9.17) is 0 Å². The van der Waals surface area contributed by atoms with Gasteiger partial charge >= 0.3 is 0 Å². The highest BCUT2D eigenvalue weighted by molar-refractivity contribution is 7.11. The lowest BCUT2D eigenvalue weighted by molar-refractivity contribution is 0.479. The van der Waals surface area contributed by atoms with Crippen molar-refractivity contribution in [3.8, 4) is 0 Å². The van der Waals surface area contributed by atoms with E-state index in [-0.39, 0.29) is 0 Å². The standard InChI is InChI=1S/C14H23NS/c1-2-13-9-10-14(16-13)8-7-12-6-4-3-5-11-15-12/h9-10,12,15H,2-8,11H2,1H3. The van der Waals surface area contributed by atoms with Crippen LogP contribution >= 0.6 is 11.3 Å². The fourth-order valence-electron chi connectivity index (χ4n) is 2.41. The third-order valence-electron chi connectivity index (χ3n) is 3.47. The molecule has 1 saturated heterocycles. The van der Waals surface area contributed by atoms with Crippen molar-refractivity contribution in [2.75, 3.05) is 6.54 Å². The predicted octanol–water partition coefficient (Wildman–Crippen LogP) is 3.78. The molecule has 0 saturated carbocycles. The molecule has 1 aromatic heterocycles. The van der Waals surface area contributed by atoms with Gasteiger partial charge in [0.25, 0.3) is 0 Å². The topological polar surface area (TPSA) is 12.0 Å². The van der Waals surface area contributed by atoms with E-state index in [2.05, 4.69) is 24.4 Å². The van der Waals surface area contributed by atoms with Crippen LogP contribution in [0.4, 0.5) is 0 Å². The first kappa shape index (κ1) is 12.1. The molecule has 2 rings (SSSR count). The largest absolute Gasteiger partial charge is 0.314 e. The van der Waals surface area contributed by atoms with Crippen molar-refractivity contribution in [3.63, 3.8) is 0 Å². The van der Waals surface area contributed by atoms with Gasteiger partial charge in [0, 0.05) is 15.8 Å². The summed E-state index contributed by atoms with van der Waals surface area (Å²) >= 11 is 2.00. The van der Waals surface area contributed by atoms with Crippen LogP contribution in [0.25, 0.3) is 0 Å². The van der Waals surface area contributed by atoms with Crippen LogP contribution < -0.4 is 5.32 Å². The van der Waals surface area contributed by atoms with Crippen molar-refractivity contribution in [2.24, 2.45) is 0 Å². The Labute approximate surface area is 103 Å². The molecule has 1 atom stereocenters. The molecule has 0 amide bonds. The molecule has 0 aliphatic carbocycles. The summed E-state index contributed by atoms with van der Waals surface area (Å²) in [4.78, 5) is 3.10. The normalized spacial score (nSPS) is 21.9. The molecule has 90 valence electrons. The summed E-state index contributed by atoms with van der Waals surface area (Å²) in [5.41, 5.74) is 0. The van der Waals surface area contributed by atoms with E-state index in [1.54, 1.807) is 4.88 Å². The van der Waals surface area contributed by atoms with E-state index in [1.165, 1.54) is 56.4 Å². The first-order valence-electron chi connectivity index (χ1n) is 6.69. The van der Waals surface area contributed by atoms with Gasteiger partial charge in [-0.1, -0.05) is 19.8 Å². The number of thiophene rings is 1. The smallest absolute Gasteiger partial charge is 0.00705 e. The number of aryl methyl sites for hydroxylation is 2. The second kappa shape index (κ2) is 6.41. The van der Waals surface area contributed by atoms with Crippen LogP contribution in [0.15, 0.2) is 12.1 Å². The van der Waals surface area contributed by atoms with E-state index in [0.29, 0.717) is 0 Å². The number of hydrogen-bond donors (Lipinski definition) is 1. The highest BCUT2D eigenvalue weighted by Gasteiger charge is 2.11. The van der Waals surface area contributed by atoms with Gasteiger partial charge < -0.3 is 5.32 Å². The molecule has 0 bridgehead atoms. The third-order valence-corrected chi connectivity index (χ3v) is 4.76. The molecule has 1 aliphatic rings. The van der Waals surface area contributed by atoms with Crippen LogP contribution in [-0.4, -0.2) is 12.6 Å². The Morgan fingerprint density at radius 3 is 2.94 bits per heavy atom. The maximum absolute atomic E-state index is 3.68. The summed E-state index contributed by atoms with van der Waals surface area (Å²) in [5.74, 6) is 0. The Kier molecular flexibility index (Phi) is 4.86. The molecule has 1 N–H and O–H groups in total. The first-order chi connectivity index (χ1) is 7.88. The van der Waals surface area contributed by atoms with Gasteiger partial charge in [-0.15, -0.1) is 11.3 Å². The number of nitrogens with one attached hydrogen (secondary N) is 1. The van der Waals surface area contributed by atoms with Crippen LogP contribution in [0.5, 0.6) is 0 Å². The van der Waals surface area contributed by atoms with E-state index in [0.717, 1.165) is 6.04 Å². The molecule has 0 spiro atoms. The monoisotopic (exact) mass is 237 g/mol. The van der Waals surface area contributed by atoms with Crippen molar-refractivity contribution in [1.82, 2.24) is 5.32 Å². The summed E-state index contributed by atoms with van der Waals surface area (Å²) in [6, 6.07) is 5.38. The van der Waals surface area contributed by atoms with Crippen molar-refractivity contribution in [2.45, 2.75) is 57.9 Å². The van der Waals surface area contributed by atoms with Gasteiger partial charge in [-0.2, -0.15) is 0 Å². The zero-order chi connectivity index (χ0) is 11.2. The van der Waals surface area contributed by atoms with Crippen LogP contribution in [-0.2, 0) is 12.8 Å². The molecule has 1 unspecified atom stereocenters. The predicted molar refractivity (Wildman–Crippen MR) is 72.3 cm³/mol. The molecule has 1 fully saturated rings. The summed E-state index contributed by atoms with van der Waals surface area (Å²) in [6.07, 6.45) is 9.37. The Hall–Kier alpha value is -0.340. The van der Waals surface area contributed by atoms with E-state index >= 15 is 0 Å². The van der Waals surface area contributed by atoms with Gasteiger partial charge in [-0.25, -0.2) is 0 Å². The van der Waals surface area contributed by atoms with Crippen LogP contribution in [0, 0.1) is 0 Å². The number of hydrogen-bond acceptors (Lipinski definition) is 2. The number of rotatable bonds is 4. The zero-order valence-electron chi connectivity index (χ0n) is 10.3. The molecular formula is C14H23NS. The molecule has 2 heterocycles. The van der Waals surface area contributed by atoms with Crippen LogP contribution in [0.3, 0.4) is 0 Å². The minimum absolute atomic E-state index is 0.773. The fraction of sp³-hybridized carbons (Fsp3) is 0.714. The van der Waals surface area contributed by atoms with Gasteiger partial charge in [0.2, 0.25) is 0 Å². The first-order valence-corrected chi connectivity index (χ1v) is 7.51. The Balaban J connectivity index is 1.77. The highest BCUT2D eigenvalue weighted by Crippen LogP contribution is 2.20. The quantitative estimate of drug-likeness (QED) is 0.840. The molecule has 1 nitrogen and oxygen atoms in total. The molecule has 2 heteroatoms. The van der Waals surface area contributed by atoms with E-state index in [1.807, 2.05) is 11.3 Å². The minimum Gasteiger partial charge on any atom is -0.314 e. The summed E-state index contributed by atoms with van der Waals surface area (Å²) < 4.78 is 0. The molecule has 0 radical (unpaired) electrons. The Morgan fingerprint density at radius 2 is 2.12 bits per heavy atom. The maximum atomic E-state index is 3.68. The van der Waals surface area contributed by atoms with Gasteiger partial charge in [0.1, 0.15) is 0 Å². The Bertz CT molecular complexity index is 297. The Morgan fingerprint density at radius 1 is 1.25 bits per heavy atom. The zero-order valence-corrected chi connectivity index (χ0v) is 11.1. The molecule has 0 aromatic carbocycles. The van der Waals surface area contributed by atoms with Gasteiger partial charge in [0.05, 0.1) is 0 Å². The lowest BCUT2D eigenvalue weighted by atomic mass is 10.1. The molecule has 1 aromatic rings. The minimum atomic E-state index is 0.773.